The van der Waals surface area contributed by atoms with Crippen LogP contribution in [0.3, 0.4) is 0 Å². The maximum Gasteiger partial charge on any atom is 0.278 e. The summed E-state index contributed by atoms with van der Waals surface area (Å²) in [5.74, 6) is 1.03. The minimum atomic E-state index is -0.0688. The van der Waals surface area contributed by atoms with E-state index in [0.717, 1.165) is 18.6 Å². The molecule has 1 aromatic heterocycles. The summed E-state index contributed by atoms with van der Waals surface area (Å²) in [7, 11) is 0. The fourth-order valence-corrected chi connectivity index (χ4v) is 1.73. The van der Waals surface area contributed by atoms with Crippen LogP contribution >= 0.6 is 0 Å². The van der Waals surface area contributed by atoms with Crippen LogP contribution in [0.5, 0.6) is 0 Å². The lowest BCUT2D eigenvalue weighted by Crippen LogP contribution is -2.92. The number of nitrogens with two attached hydrogens (primary N) is 1. The van der Waals surface area contributed by atoms with Gasteiger partial charge in [-0.3, -0.25) is 4.79 Å². The van der Waals surface area contributed by atoms with E-state index in [1.54, 1.807) is 6.26 Å². The summed E-state index contributed by atoms with van der Waals surface area (Å²) in [6.07, 6.45) is 3.92. The number of carbonyl (C=O) groups excluding carboxylic acids is 1. The molecule has 16 heavy (non-hydrogen) atoms. The number of rotatable bonds is 5. The van der Waals surface area contributed by atoms with Crippen LogP contribution in [-0.2, 0) is 4.79 Å². The molecule has 1 aromatic rings. The Morgan fingerprint density at radius 3 is 2.88 bits per heavy atom. The first-order valence-corrected chi connectivity index (χ1v) is 5.85. The van der Waals surface area contributed by atoms with E-state index in [0.29, 0.717) is 6.04 Å². The van der Waals surface area contributed by atoms with Gasteiger partial charge in [0, 0.05) is 6.04 Å². The topological polar surface area (TPSA) is 58.9 Å². The van der Waals surface area contributed by atoms with Crippen molar-refractivity contribution in [1.82, 2.24) is 5.32 Å². The molecule has 0 aliphatic heterocycles. The molecule has 3 N–H and O–H groups in total. The smallest absolute Gasteiger partial charge is 0.278 e. The van der Waals surface area contributed by atoms with E-state index >= 15 is 0 Å². The Hall–Kier alpha value is -1.29. The summed E-state index contributed by atoms with van der Waals surface area (Å²) in [4.78, 5) is 11.7. The van der Waals surface area contributed by atoms with Gasteiger partial charge < -0.3 is 15.1 Å². The maximum atomic E-state index is 11.7. The van der Waals surface area contributed by atoms with Crippen LogP contribution in [0.15, 0.2) is 22.8 Å². The van der Waals surface area contributed by atoms with Crippen molar-refractivity contribution in [1.29, 1.82) is 0 Å². The summed E-state index contributed by atoms with van der Waals surface area (Å²) in [6.45, 7) is 3.97. The first kappa shape index (κ1) is 11.2. The molecule has 88 valence electrons. The van der Waals surface area contributed by atoms with Crippen molar-refractivity contribution in [2.75, 3.05) is 0 Å². The number of amides is 1. The standard InChI is InChI=1S/C12H18N2O2/c1-8(11-4-3-7-16-11)13-9(2)12(15)14-10-5-6-10/h3-4,7-10,13H,5-6H2,1-2H3,(H,14,15)/p+1/t8-,9-/m0/s1. The number of hydrogen-bond donors (Lipinski definition) is 2. The predicted octanol–water partition coefficient (Wildman–Crippen LogP) is 0.571. The van der Waals surface area contributed by atoms with Gasteiger partial charge in [-0.1, -0.05) is 0 Å². The molecule has 0 aromatic carbocycles. The molecule has 1 aliphatic carbocycles. The van der Waals surface area contributed by atoms with E-state index in [1.165, 1.54) is 0 Å². The SMILES string of the molecule is C[C@H]([NH2+][C@@H](C)c1ccco1)C(=O)NC1CC1. The van der Waals surface area contributed by atoms with Gasteiger partial charge in [0.2, 0.25) is 0 Å². The van der Waals surface area contributed by atoms with Gasteiger partial charge in [0.25, 0.3) is 5.91 Å². The van der Waals surface area contributed by atoms with Gasteiger partial charge in [-0.25, -0.2) is 0 Å². The summed E-state index contributed by atoms with van der Waals surface area (Å²) >= 11 is 0. The third-order valence-electron chi connectivity index (χ3n) is 2.91. The molecule has 0 radical (unpaired) electrons. The highest BCUT2D eigenvalue weighted by Crippen LogP contribution is 2.18. The Morgan fingerprint density at radius 2 is 2.31 bits per heavy atom. The molecule has 1 amide bonds. The molecule has 1 aliphatic rings. The summed E-state index contributed by atoms with van der Waals surface area (Å²) in [6, 6.07) is 4.35. The molecule has 0 bridgehead atoms. The van der Waals surface area contributed by atoms with E-state index in [-0.39, 0.29) is 18.0 Å². The fraction of sp³-hybridized carbons (Fsp3) is 0.583. The first-order chi connectivity index (χ1) is 7.66. The number of hydrogen-bond acceptors (Lipinski definition) is 2. The zero-order chi connectivity index (χ0) is 11.5. The largest absolute Gasteiger partial charge is 0.463 e. The molecule has 1 heterocycles. The molecule has 0 spiro atoms. The second kappa shape index (κ2) is 4.70. The Labute approximate surface area is 95.4 Å². The van der Waals surface area contributed by atoms with Crippen molar-refractivity contribution in [3.63, 3.8) is 0 Å². The maximum absolute atomic E-state index is 11.7. The van der Waals surface area contributed by atoms with E-state index in [1.807, 2.05) is 31.3 Å². The van der Waals surface area contributed by atoms with E-state index in [9.17, 15) is 4.79 Å². The first-order valence-electron chi connectivity index (χ1n) is 5.85. The molecule has 0 unspecified atom stereocenters. The third kappa shape index (κ3) is 2.85. The molecule has 4 nitrogen and oxygen atoms in total. The molecule has 0 saturated heterocycles. The third-order valence-corrected chi connectivity index (χ3v) is 2.91. The van der Waals surface area contributed by atoms with Gasteiger partial charge in [0.1, 0.15) is 6.04 Å². The van der Waals surface area contributed by atoms with Gasteiger partial charge in [-0.2, -0.15) is 0 Å². The second-order valence-corrected chi connectivity index (χ2v) is 4.57. The predicted molar refractivity (Wildman–Crippen MR) is 59.7 cm³/mol. The highest BCUT2D eigenvalue weighted by molar-refractivity contribution is 5.80. The second-order valence-electron chi connectivity index (χ2n) is 4.57. The average molecular weight is 223 g/mol. The summed E-state index contributed by atoms with van der Waals surface area (Å²) < 4.78 is 5.31. The van der Waals surface area contributed by atoms with Crippen LogP contribution in [-0.4, -0.2) is 18.0 Å². The highest BCUT2D eigenvalue weighted by Gasteiger charge is 2.28. The minimum Gasteiger partial charge on any atom is -0.463 e. The number of quaternary nitrogens is 1. The quantitative estimate of drug-likeness (QED) is 0.766. The number of nitrogens with one attached hydrogen (secondary N) is 1. The van der Waals surface area contributed by atoms with E-state index in [2.05, 4.69) is 5.32 Å². The lowest BCUT2D eigenvalue weighted by Gasteiger charge is -2.14. The van der Waals surface area contributed by atoms with Crippen LogP contribution < -0.4 is 10.6 Å². The van der Waals surface area contributed by atoms with Crippen molar-refractivity contribution in [3.8, 4) is 0 Å². The van der Waals surface area contributed by atoms with Crippen molar-refractivity contribution in [3.05, 3.63) is 24.2 Å². The van der Waals surface area contributed by atoms with Crippen molar-refractivity contribution < 1.29 is 14.5 Å². The molecule has 2 rings (SSSR count). The zero-order valence-corrected chi connectivity index (χ0v) is 9.77. The van der Waals surface area contributed by atoms with Crippen LogP contribution in [0.4, 0.5) is 0 Å². The molecular weight excluding hydrogens is 204 g/mol. The zero-order valence-electron chi connectivity index (χ0n) is 9.77. The van der Waals surface area contributed by atoms with E-state index < -0.39 is 0 Å². The number of furan rings is 1. The van der Waals surface area contributed by atoms with Gasteiger partial charge >= 0.3 is 0 Å². The van der Waals surface area contributed by atoms with Gasteiger partial charge in [0.05, 0.1) is 6.26 Å². The van der Waals surface area contributed by atoms with Gasteiger partial charge in [-0.15, -0.1) is 0 Å². The Morgan fingerprint density at radius 1 is 1.56 bits per heavy atom. The number of carbonyl (C=O) groups is 1. The van der Waals surface area contributed by atoms with Crippen LogP contribution in [0.1, 0.15) is 38.5 Å². The summed E-state index contributed by atoms with van der Waals surface area (Å²) in [5.41, 5.74) is 0. The normalized spacial score (nSPS) is 19.1. The monoisotopic (exact) mass is 223 g/mol. The van der Waals surface area contributed by atoms with Crippen LogP contribution in [0, 0.1) is 0 Å². The van der Waals surface area contributed by atoms with Gasteiger partial charge in [-0.05, 0) is 38.8 Å². The molecule has 4 heteroatoms. The molecule has 2 atom stereocenters. The van der Waals surface area contributed by atoms with Crippen molar-refractivity contribution >= 4 is 5.91 Å². The van der Waals surface area contributed by atoms with Crippen molar-refractivity contribution in [2.45, 2.75) is 44.8 Å². The Kier molecular flexibility index (Phi) is 3.29. The minimum absolute atomic E-state index is 0.0688. The lowest BCUT2D eigenvalue weighted by atomic mass is 10.2. The lowest BCUT2D eigenvalue weighted by molar-refractivity contribution is -0.712. The Balaban J connectivity index is 1.81. The average Bonchev–Trinajstić information content (AvgIpc) is 2.89. The van der Waals surface area contributed by atoms with Crippen LogP contribution in [0.25, 0.3) is 0 Å². The summed E-state index contributed by atoms with van der Waals surface area (Å²) in [5, 5.41) is 5.03. The molecule has 1 fully saturated rings. The Bertz CT molecular complexity index is 344. The van der Waals surface area contributed by atoms with Crippen LogP contribution in [0.2, 0.25) is 0 Å². The van der Waals surface area contributed by atoms with Crippen molar-refractivity contribution in [2.24, 2.45) is 0 Å². The highest BCUT2D eigenvalue weighted by atomic mass is 16.3. The van der Waals surface area contributed by atoms with E-state index in [4.69, 9.17) is 4.42 Å². The molecule has 1 saturated carbocycles. The fourth-order valence-electron chi connectivity index (χ4n) is 1.73. The molecular formula is C12H19N2O2+. The van der Waals surface area contributed by atoms with Gasteiger partial charge in [0.15, 0.2) is 11.8 Å².